The zero-order valence-electron chi connectivity index (χ0n) is 16.0. The molecule has 0 aliphatic rings. The maximum Gasteiger partial charge on any atom is 0.322 e. The fraction of sp³-hybridized carbons (Fsp3) is 0.0870. The highest BCUT2D eigenvalue weighted by Crippen LogP contribution is 2.34. The molecule has 150 valence electrons. The van der Waals surface area contributed by atoms with Gasteiger partial charge in [-0.15, -0.1) is 0 Å². The maximum atomic E-state index is 12.6. The van der Waals surface area contributed by atoms with Crippen molar-refractivity contribution >= 4 is 33.6 Å². The van der Waals surface area contributed by atoms with Crippen molar-refractivity contribution in [3.8, 4) is 16.9 Å². The number of aromatic nitrogens is 1. The summed E-state index contributed by atoms with van der Waals surface area (Å²) in [6, 6.07) is 19.1. The number of aromatic hydroxyl groups is 1. The molecule has 0 saturated heterocycles. The van der Waals surface area contributed by atoms with Crippen molar-refractivity contribution in [3.63, 3.8) is 0 Å². The van der Waals surface area contributed by atoms with Crippen LogP contribution in [0.3, 0.4) is 0 Å². The van der Waals surface area contributed by atoms with Gasteiger partial charge in [-0.3, -0.25) is 14.4 Å². The van der Waals surface area contributed by atoms with Crippen LogP contribution in [0.2, 0.25) is 0 Å². The van der Waals surface area contributed by atoms with Crippen molar-refractivity contribution in [3.05, 3.63) is 76.6 Å². The number of carboxylic acids is 1. The number of carboxylic acid groups (broad SMARTS) is 1. The van der Waals surface area contributed by atoms with E-state index in [1.54, 1.807) is 12.1 Å². The molecule has 0 spiro atoms. The van der Waals surface area contributed by atoms with E-state index in [-0.39, 0.29) is 0 Å². The van der Waals surface area contributed by atoms with Crippen molar-refractivity contribution in [1.29, 1.82) is 0 Å². The molecule has 7 nitrogen and oxygen atoms in total. The first-order chi connectivity index (χ1) is 14.4. The summed E-state index contributed by atoms with van der Waals surface area (Å²) in [4.78, 5) is 35.7. The number of aliphatic carboxylic acids is 1. The second-order valence-electron chi connectivity index (χ2n) is 6.92. The Bertz CT molecular complexity index is 1380. The summed E-state index contributed by atoms with van der Waals surface area (Å²) >= 11 is 0. The van der Waals surface area contributed by atoms with E-state index in [2.05, 4.69) is 5.32 Å². The van der Waals surface area contributed by atoms with Crippen molar-refractivity contribution in [1.82, 2.24) is 9.88 Å². The Kier molecular flexibility index (Phi) is 4.71. The Morgan fingerprint density at radius 1 is 1.00 bits per heavy atom. The number of nitrogens with zero attached hydrogens (tertiary/aromatic N) is 1. The van der Waals surface area contributed by atoms with E-state index < -0.39 is 35.3 Å². The number of carbonyl (C=O) groups excluding carboxylic acids is 1. The van der Waals surface area contributed by atoms with Gasteiger partial charge < -0.3 is 20.1 Å². The largest absolute Gasteiger partial charge is 0.506 e. The number of pyridine rings is 1. The number of aryl methyl sites for hydroxylation is 1. The highest BCUT2D eigenvalue weighted by atomic mass is 16.4. The van der Waals surface area contributed by atoms with Crippen LogP contribution in [0.25, 0.3) is 32.8 Å². The van der Waals surface area contributed by atoms with Gasteiger partial charge in [-0.1, -0.05) is 48.5 Å². The van der Waals surface area contributed by atoms with Gasteiger partial charge in [0.25, 0.3) is 11.5 Å². The standard InChI is InChI=1S/C23H18N2O5/c1-25-18-10-9-14(16-8-4-6-13-5-2-3-7-15(13)16)11-17(18)21(28)20(23(25)30)22(29)24-12-19(26)27/h2-11,28H,12H2,1H3,(H,24,29)(H,26,27). The molecule has 3 aromatic carbocycles. The van der Waals surface area contributed by atoms with Gasteiger partial charge in [0.1, 0.15) is 17.9 Å². The van der Waals surface area contributed by atoms with Crippen LogP contribution in [0.1, 0.15) is 10.4 Å². The van der Waals surface area contributed by atoms with Crippen LogP contribution in [0.5, 0.6) is 5.75 Å². The molecule has 4 rings (SSSR count). The van der Waals surface area contributed by atoms with Crippen LogP contribution in [-0.2, 0) is 11.8 Å². The van der Waals surface area contributed by atoms with Gasteiger partial charge in [0.2, 0.25) is 0 Å². The van der Waals surface area contributed by atoms with Crippen LogP contribution < -0.4 is 10.9 Å². The first-order valence-electron chi connectivity index (χ1n) is 9.22. The van der Waals surface area contributed by atoms with Crippen molar-refractivity contribution in [2.24, 2.45) is 7.05 Å². The van der Waals surface area contributed by atoms with E-state index >= 15 is 0 Å². The Morgan fingerprint density at radius 3 is 2.50 bits per heavy atom. The van der Waals surface area contributed by atoms with Crippen LogP contribution in [0.15, 0.2) is 65.5 Å². The summed E-state index contributed by atoms with van der Waals surface area (Å²) in [6.07, 6.45) is 0. The van der Waals surface area contributed by atoms with E-state index in [4.69, 9.17) is 5.11 Å². The quantitative estimate of drug-likeness (QED) is 0.486. The lowest BCUT2D eigenvalue weighted by Gasteiger charge is -2.14. The minimum Gasteiger partial charge on any atom is -0.506 e. The van der Waals surface area contributed by atoms with E-state index in [0.717, 1.165) is 21.9 Å². The molecule has 3 N–H and O–H groups in total. The number of benzene rings is 3. The van der Waals surface area contributed by atoms with E-state index in [1.165, 1.54) is 11.6 Å². The number of hydrogen-bond acceptors (Lipinski definition) is 4. The first-order valence-corrected chi connectivity index (χ1v) is 9.22. The van der Waals surface area contributed by atoms with Gasteiger partial charge in [0, 0.05) is 12.4 Å². The fourth-order valence-electron chi connectivity index (χ4n) is 3.62. The van der Waals surface area contributed by atoms with Gasteiger partial charge in [0.05, 0.1) is 5.52 Å². The maximum absolute atomic E-state index is 12.6. The molecule has 30 heavy (non-hydrogen) atoms. The average molecular weight is 402 g/mol. The molecular formula is C23H18N2O5. The minimum atomic E-state index is -1.25. The third kappa shape index (κ3) is 3.16. The lowest BCUT2D eigenvalue weighted by atomic mass is 9.96. The molecule has 0 fully saturated rings. The summed E-state index contributed by atoms with van der Waals surface area (Å²) in [5.74, 6) is -2.66. The first kappa shape index (κ1) is 19.2. The van der Waals surface area contributed by atoms with Gasteiger partial charge in [-0.2, -0.15) is 0 Å². The monoisotopic (exact) mass is 402 g/mol. The molecule has 1 amide bonds. The topological polar surface area (TPSA) is 109 Å². The molecule has 0 unspecified atom stereocenters. The number of carbonyl (C=O) groups is 2. The van der Waals surface area contributed by atoms with E-state index in [9.17, 15) is 19.5 Å². The highest BCUT2D eigenvalue weighted by molar-refractivity contribution is 6.05. The molecule has 1 aromatic heterocycles. The predicted octanol–water partition coefficient (Wildman–Crippen LogP) is 2.88. The third-order valence-corrected chi connectivity index (χ3v) is 5.10. The molecule has 0 bridgehead atoms. The second-order valence-corrected chi connectivity index (χ2v) is 6.92. The molecule has 0 saturated carbocycles. The molecule has 1 heterocycles. The number of amides is 1. The SMILES string of the molecule is Cn1c(=O)c(C(=O)NCC(=O)O)c(O)c2cc(-c3cccc4ccccc34)ccc21. The average Bonchev–Trinajstić information content (AvgIpc) is 2.75. The Hall–Kier alpha value is -4.13. The second kappa shape index (κ2) is 7.36. The number of nitrogens with one attached hydrogen (secondary N) is 1. The lowest BCUT2D eigenvalue weighted by molar-refractivity contribution is -0.135. The zero-order chi connectivity index (χ0) is 21.4. The zero-order valence-corrected chi connectivity index (χ0v) is 16.0. The van der Waals surface area contributed by atoms with Crippen molar-refractivity contribution in [2.45, 2.75) is 0 Å². The van der Waals surface area contributed by atoms with E-state index in [0.29, 0.717) is 10.9 Å². The highest BCUT2D eigenvalue weighted by Gasteiger charge is 2.22. The Labute approximate surface area is 170 Å². The van der Waals surface area contributed by atoms with Crippen LogP contribution in [0, 0.1) is 0 Å². The van der Waals surface area contributed by atoms with Crippen molar-refractivity contribution < 1.29 is 19.8 Å². The molecule has 0 radical (unpaired) electrons. The summed E-state index contributed by atoms with van der Waals surface area (Å²) in [7, 11) is 1.50. The minimum absolute atomic E-state index is 0.322. The Morgan fingerprint density at radius 2 is 1.73 bits per heavy atom. The predicted molar refractivity (Wildman–Crippen MR) is 114 cm³/mol. The fourth-order valence-corrected chi connectivity index (χ4v) is 3.62. The molecule has 0 aliphatic carbocycles. The number of hydrogen-bond donors (Lipinski definition) is 3. The molecule has 0 atom stereocenters. The molecular weight excluding hydrogens is 384 g/mol. The van der Waals surface area contributed by atoms with Crippen LogP contribution in [0.4, 0.5) is 0 Å². The van der Waals surface area contributed by atoms with Crippen LogP contribution in [-0.4, -0.2) is 33.2 Å². The van der Waals surface area contributed by atoms with E-state index in [1.807, 2.05) is 48.5 Å². The van der Waals surface area contributed by atoms with Crippen LogP contribution >= 0.6 is 0 Å². The summed E-state index contributed by atoms with van der Waals surface area (Å²) in [6.45, 7) is -0.657. The third-order valence-electron chi connectivity index (χ3n) is 5.10. The molecule has 0 aliphatic heterocycles. The summed E-state index contributed by atoms with van der Waals surface area (Å²) < 4.78 is 1.26. The lowest BCUT2D eigenvalue weighted by Crippen LogP contribution is -2.35. The molecule has 4 aromatic rings. The van der Waals surface area contributed by atoms with Gasteiger partial charge in [-0.05, 0) is 34.0 Å². The Balaban J connectivity index is 1.93. The summed E-state index contributed by atoms with van der Waals surface area (Å²) in [5.41, 5.74) is 1.02. The van der Waals surface area contributed by atoms with Gasteiger partial charge in [-0.25, -0.2) is 0 Å². The summed E-state index contributed by atoms with van der Waals surface area (Å²) in [5, 5.41) is 24.1. The number of fused-ring (bicyclic) bond motifs is 2. The molecule has 7 heteroatoms. The number of rotatable bonds is 4. The van der Waals surface area contributed by atoms with Crippen molar-refractivity contribution in [2.75, 3.05) is 6.54 Å². The van der Waals surface area contributed by atoms with Gasteiger partial charge in [0.15, 0.2) is 0 Å². The van der Waals surface area contributed by atoms with Gasteiger partial charge >= 0.3 is 5.97 Å². The smallest absolute Gasteiger partial charge is 0.322 e. The normalized spacial score (nSPS) is 11.0.